The lowest BCUT2D eigenvalue weighted by atomic mass is 9.97. The molecule has 0 aromatic heterocycles. The Balaban J connectivity index is 1.92. The van der Waals surface area contributed by atoms with E-state index in [4.69, 9.17) is 4.74 Å². The fourth-order valence-electron chi connectivity index (χ4n) is 1.55. The second-order valence-corrected chi connectivity index (χ2v) is 3.21. The lowest BCUT2D eigenvalue weighted by Gasteiger charge is -2.37. The minimum atomic E-state index is 0.204. The van der Waals surface area contributed by atoms with Crippen LogP contribution >= 0.6 is 0 Å². The number of likely N-dealkylation sites (N-methyl/N-ethyl adjacent to an activating group) is 1. The van der Waals surface area contributed by atoms with Gasteiger partial charge in [-0.1, -0.05) is 6.92 Å². The van der Waals surface area contributed by atoms with E-state index < -0.39 is 0 Å². The van der Waals surface area contributed by atoms with E-state index in [9.17, 15) is 0 Å². The first kappa shape index (κ1) is 6.58. The summed E-state index contributed by atoms with van der Waals surface area (Å²) >= 11 is 0. The predicted octanol–water partition coefficient (Wildman–Crippen LogP) is -0.362. The van der Waals surface area contributed by atoms with E-state index in [2.05, 4.69) is 17.1 Å². The van der Waals surface area contributed by atoms with E-state index in [0.29, 0.717) is 0 Å². The van der Waals surface area contributed by atoms with Crippen LogP contribution in [0.5, 0.6) is 0 Å². The number of hydrogen-bond acceptors (Lipinski definition) is 3. The van der Waals surface area contributed by atoms with Crippen LogP contribution in [0.4, 0.5) is 0 Å². The van der Waals surface area contributed by atoms with Gasteiger partial charge in [0.15, 0.2) is 0 Å². The third-order valence-electron chi connectivity index (χ3n) is 2.41. The summed E-state index contributed by atoms with van der Waals surface area (Å²) in [6.45, 7) is 7.33. The van der Waals surface area contributed by atoms with Crippen molar-refractivity contribution < 1.29 is 4.74 Å². The monoisotopic (exact) mass is 142 g/mol. The molecule has 0 aromatic carbocycles. The lowest BCUT2D eigenvalue weighted by Crippen LogP contribution is -2.61. The van der Waals surface area contributed by atoms with E-state index in [0.717, 1.165) is 32.9 Å². The van der Waals surface area contributed by atoms with Crippen LogP contribution in [0.2, 0.25) is 0 Å². The van der Waals surface area contributed by atoms with Crippen LogP contribution in [0.15, 0.2) is 0 Å². The first-order chi connectivity index (χ1) is 4.85. The Bertz CT molecular complexity index is 134. The van der Waals surface area contributed by atoms with E-state index in [1.165, 1.54) is 0 Å². The molecule has 0 unspecified atom stereocenters. The average molecular weight is 142 g/mol. The molecule has 0 radical (unpaired) electrons. The van der Waals surface area contributed by atoms with Gasteiger partial charge in [0, 0.05) is 19.6 Å². The normalized spacial score (nSPS) is 30.9. The van der Waals surface area contributed by atoms with Crippen molar-refractivity contribution in [3.05, 3.63) is 0 Å². The number of nitrogens with one attached hydrogen (secondary N) is 1. The summed E-state index contributed by atoms with van der Waals surface area (Å²) in [5.74, 6) is 0. The number of hydrogen-bond donors (Lipinski definition) is 1. The third-order valence-corrected chi connectivity index (χ3v) is 2.41. The summed E-state index contributed by atoms with van der Waals surface area (Å²) in [5.41, 5.74) is 0.204. The molecule has 58 valence electrons. The van der Waals surface area contributed by atoms with Gasteiger partial charge in [-0.05, 0) is 6.54 Å². The predicted molar refractivity (Wildman–Crippen MR) is 38.8 cm³/mol. The highest BCUT2D eigenvalue weighted by molar-refractivity contribution is 4.99. The summed E-state index contributed by atoms with van der Waals surface area (Å²) in [7, 11) is 0. The topological polar surface area (TPSA) is 24.5 Å². The van der Waals surface area contributed by atoms with Crippen LogP contribution in [0.3, 0.4) is 0 Å². The minimum Gasteiger partial charge on any atom is -0.356 e. The molecule has 2 saturated heterocycles. The molecular formula is C7H14N2O. The second kappa shape index (κ2) is 2.19. The van der Waals surface area contributed by atoms with Crippen molar-refractivity contribution in [2.24, 2.45) is 0 Å². The van der Waals surface area contributed by atoms with Crippen molar-refractivity contribution in [3.63, 3.8) is 0 Å². The number of rotatable bonds is 1. The number of nitrogens with zero attached hydrogens (tertiary/aromatic N) is 1. The van der Waals surface area contributed by atoms with Crippen molar-refractivity contribution in [3.8, 4) is 0 Å². The van der Waals surface area contributed by atoms with Crippen LogP contribution in [0.25, 0.3) is 0 Å². The zero-order chi connectivity index (χ0) is 7.03. The van der Waals surface area contributed by atoms with Gasteiger partial charge < -0.3 is 10.1 Å². The SMILES string of the molecule is CCN1COC2(CNC2)C1. The van der Waals surface area contributed by atoms with Crippen LogP contribution < -0.4 is 5.32 Å². The Morgan fingerprint density at radius 3 is 2.70 bits per heavy atom. The zero-order valence-corrected chi connectivity index (χ0v) is 6.39. The molecule has 0 saturated carbocycles. The Labute approximate surface area is 61.3 Å². The molecule has 10 heavy (non-hydrogen) atoms. The van der Waals surface area contributed by atoms with E-state index in [-0.39, 0.29) is 5.60 Å². The van der Waals surface area contributed by atoms with Crippen LogP contribution in [-0.4, -0.2) is 43.4 Å². The molecule has 1 N–H and O–H groups in total. The van der Waals surface area contributed by atoms with Gasteiger partial charge in [0.05, 0.1) is 0 Å². The van der Waals surface area contributed by atoms with Crippen LogP contribution in [-0.2, 0) is 4.74 Å². The molecule has 2 rings (SSSR count). The summed E-state index contributed by atoms with van der Waals surface area (Å²) < 4.78 is 5.64. The maximum absolute atomic E-state index is 5.64. The maximum atomic E-state index is 5.64. The summed E-state index contributed by atoms with van der Waals surface area (Å²) in [6.07, 6.45) is 0. The molecule has 1 spiro atoms. The van der Waals surface area contributed by atoms with E-state index >= 15 is 0 Å². The van der Waals surface area contributed by atoms with Gasteiger partial charge in [0.1, 0.15) is 12.3 Å². The molecule has 0 bridgehead atoms. The van der Waals surface area contributed by atoms with Crippen molar-refractivity contribution in [2.75, 3.05) is 32.9 Å². The molecule has 3 heteroatoms. The molecule has 0 aliphatic carbocycles. The Kier molecular flexibility index (Phi) is 1.44. The standard InChI is InChI=1S/C7H14N2O/c1-2-9-5-7(10-6-9)3-8-4-7/h8H,2-6H2,1H3. The van der Waals surface area contributed by atoms with Crippen molar-refractivity contribution in [1.82, 2.24) is 10.2 Å². The Hall–Kier alpha value is -0.120. The second-order valence-electron chi connectivity index (χ2n) is 3.21. The summed E-state index contributed by atoms with van der Waals surface area (Å²) in [5, 5.41) is 3.24. The highest BCUT2D eigenvalue weighted by Crippen LogP contribution is 2.23. The van der Waals surface area contributed by atoms with Gasteiger partial charge in [-0.2, -0.15) is 0 Å². The summed E-state index contributed by atoms with van der Waals surface area (Å²) in [4.78, 5) is 2.33. The zero-order valence-electron chi connectivity index (χ0n) is 6.39. The highest BCUT2D eigenvalue weighted by atomic mass is 16.5. The van der Waals surface area contributed by atoms with Crippen LogP contribution in [0.1, 0.15) is 6.92 Å². The molecular weight excluding hydrogens is 128 g/mol. The van der Waals surface area contributed by atoms with Gasteiger partial charge in [0.2, 0.25) is 0 Å². The number of ether oxygens (including phenoxy) is 1. The lowest BCUT2D eigenvalue weighted by molar-refractivity contribution is -0.0317. The molecule has 0 atom stereocenters. The highest BCUT2D eigenvalue weighted by Gasteiger charge is 2.43. The molecule has 2 fully saturated rings. The van der Waals surface area contributed by atoms with E-state index in [1.807, 2.05) is 0 Å². The van der Waals surface area contributed by atoms with Crippen molar-refractivity contribution >= 4 is 0 Å². The summed E-state index contributed by atoms with van der Waals surface area (Å²) in [6, 6.07) is 0. The van der Waals surface area contributed by atoms with Gasteiger partial charge in [0.25, 0.3) is 0 Å². The Morgan fingerprint density at radius 1 is 1.60 bits per heavy atom. The molecule has 3 nitrogen and oxygen atoms in total. The first-order valence-corrected chi connectivity index (χ1v) is 3.92. The largest absolute Gasteiger partial charge is 0.356 e. The fraction of sp³-hybridized carbons (Fsp3) is 1.00. The molecule has 2 heterocycles. The van der Waals surface area contributed by atoms with Crippen molar-refractivity contribution in [2.45, 2.75) is 12.5 Å². The smallest absolute Gasteiger partial charge is 0.107 e. The van der Waals surface area contributed by atoms with Crippen LogP contribution in [0, 0.1) is 0 Å². The maximum Gasteiger partial charge on any atom is 0.107 e. The molecule has 2 aliphatic heterocycles. The molecule has 2 aliphatic rings. The Morgan fingerprint density at radius 2 is 2.40 bits per heavy atom. The minimum absolute atomic E-state index is 0.204. The quantitative estimate of drug-likeness (QED) is 0.541. The first-order valence-electron chi connectivity index (χ1n) is 3.92. The van der Waals surface area contributed by atoms with Gasteiger partial charge in [-0.25, -0.2) is 0 Å². The van der Waals surface area contributed by atoms with Gasteiger partial charge >= 0.3 is 0 Å². The van der Waals surface area contributed by atoms with Crippen molar-refractivity contribution in [1.29, 1.82) is 0 Å². The van der Waals surface area contributed by atoms with Gasteiger partial charge in [-0.15, -0.1) is 0 Å². The van der Waals surface area contributed by atoms with Gasteiger partial charge in [-0.3, -0.25) is 4.90 Å². The molecule has 0 aromatic rings. The van der Waals surface area contributed by atoms with E-state index in [1.54, 1.807) is 0 Å². The average Bonchev–Trinajstić information content (AvgIpc) is 2.29. The fourth-order valence-corrected chi connectivity index (χ4v) is 1.55. The molecule has 0 amide bonds. The third kappa shape index (κ3) is 0.856.